The molecule has 10 heavy (non-hydrogen) atoms. The van der Waals surface area contributed by atoms with E-state index < -0.39 is 0 Å². The van der Waals surface area contributed by atoms with E-state index in [4.69, 9.17) is 0 Å². The zero-order chi connectivity index (χ0) is 6.97. The molecule has 0 saturated heterocycles. The summed E-state index contributed by atoms with van der Waals surface area (Å²) in [6.45, 7) is 1.80. The van der Waals surface area contributed by atoms with Crippen molar-refractivity contribution in [3.8, 4) is 0 Å². The first-order valence-electron chi connectivity index (χ1n) is 3.28. The molecule has 0 radical (unpaired) electrons. The van der Waals surface area contributed by atoms with Crippen molar-refractivity contribution in [1.82, 2.24) is 9.69 Å². The maximum Gasteiger partial charge on any atom is 0.261 e. The van der Waals surface area contributed by atoms with Crippen molar-refractivity contribution in [3.63, 3.8) is 0 Å². The standard InChI is InChI=1S/C6H8N2OS/c9-6-4-1-2-7-3-5(4)10-8-6/h7H,1-3H2,(H,8,9). The quantitative estimate of drug-likeness (QED) is 0.559. The van der Waals surface area contributed by atoms with Gasteiger partial charge in [0.25, 0.3) is 5.56 Å². The normalized spacial score (nSPS) is 16.8. The molecular formula is C6H8N2OS. The lowest BCUT2D eigenvalue weighted by Crippen LogP contribution is -2.25. The van der Waals surface area contributed by atoms with Gasteiger partial charge in [0, 0.05) is 17.0 Å². The lowest BCUT2D eigenvalue weighted by molar-refractivity contribution is 0.651. The van der Waals surface area contributed by atoms with Crippen molar-refractivity contribution in [3.05, 3.63) is 20.8 Å². The van der Waals surface area contributed by atoms with Gasteiger partial charge in [-0.2, -0.15) is 0 Å². The lowest BCUT2D eigenvalue weighted by Gasteiger charge is -2.09. The lowest BCUT2D eigenvalue weighted by atomic mass is 10.1. The number of rotatable bonds is 0. The van der Waals surface area contributed by atoms with E-state index in [1.54, 1.807) is 0 Å². The van der Waals surface area contributed by atoms with E-state index in [1.807, 2.05) is 0 Å². The molecule has 1 aromatic rings. The summed E-state index contributed by atoms with van der Waals surface area (Å²) >= 11 is 1.45. The molecule has 3 nitrogen and oxygen atoms in total. The molecule has 1 aromatic heterocycles. The predicted molar refractivity (Wildman–Crippen MR) is 40.4 cm³/mol. The monoisotopic (exact) mass is 156 g/mol. The Balaban J connectivity index is 2.55. The highest BCUT2D eigenvalue weighted by Crippen LogP contribution is 2.12. The van der Waals surface area contributed by atoms with Gasteiger partial charge in [0.2, 0.25) is 0 Å². The van der Waals surface area contributed by atoms with E-state index in [2.05, 4.69) is 9.69 Å². The van der Waals surface area contributed by atoms with Crippen LogP contribution in [0.2, 0.25) is 0 Å². The van der Waals surface area contributed by atoms with Gasteiger partial charge in [-0.1, -0.05) is 11.5 Å². The van der Waals surface area contributed by atoms with Gasteiger partial charge in [-0.05, 0) is 13.0 Å². The molecule has 54 valence electrons. The molecule has 4 heteroatoms. The van der Waals surface area contributed by atoms with Crippen LogP contribution in [0.15, 0.2) is 4.79 Å². The highest BCUT2D eigenvalue weighted by molar-refractivity contribution is 7.05. The smallest absolute Gasteiger partial charge is 0.261 e. The summed E-state index contributed by atoms with van der Waals surface area (Å²) in [5.41, 5.74) is 1.10. The summed E-state index contributed by atoms with van der Waals surface area (Å²) in [6, 6.07) is 0. The van der Waals surface area contributed by atoms with Gasteiger partial charge in [0.05, 0.1) is 0 Å². The number of hydrogen-bond donors (Lipinski definition) is 2. The van der Waals surface area contributed by atoms with E-state index >= 15 is 0 Å². The summed E-state index contributed by atoms with van der Waals surface area (Å²) in [4.78, 5) is 12.2. The zero-order valence-corrected chi connectivity index (χ0v) is 6.25. The summed E-state index contributed by atoms with van der Waals surface area (Å²) in [7, 11) is 0. The van der Waals surface area contributed by atoms with Gasteiger partial charge in [0.1, 0.15) is 0 Å². The highest BCUT2D eigenvalue weighted by atomic mass is 32.1. The molecule has 0 unspecified atom stereocenters. The summed E-state index contributed by atoms with van der Waals surface area (Å²) in [5, 5.41) is 3.21. The molecule has 0 amide bonds. The number of aromatic nitrogens is 1. The Kier molecular flexibility index (Phi) is 1.35. The fourth-order valence-electron chi connectivity index (χ4n) is 1.17. The Bertz CT molecular complexity index is 288. The second-order valence-corrected chi connectivity index (χ2v) is 3.26. The van der Waals surface area contributed by atoms with Gasteiger partial charge >= 0.3 is 0 Å². The summed E-state index contributed by atoms with van der Waals surface area (Å²) in [6.07, 6.45) is 0.883. The summed E-state index contributed by atoms with van der Waals surface area (Å²) in [5.74, 6) is 0. The molecule has 0 fully saturated rings. The van der Waals surface area contributed by atoms with Crippen molar-refractivity contribution in [1.29, 1.82) is 0 Å². The third-order valence-electron chi connectivity index (χ3n) is 1.71. The molecule has 0 spiro atoms. The van der Waals surface area contributed by atoms with E-state index in [-0.39, 0.29) is 5.56 Å². The zero-order valence-electron chi connectivity index (χ0n) is 5.44. The number of aromatic amines is 1. The van der Waals surface area contributed by atoms with Gasteiger partial charge in [-0.3, -0.25) is 9.17 Å². The first kappa shape index (κ1) is 6.12. The van der Waals surface area contributed by atoms with E-state index in [0.29, 0.717) is 0 Å². The van der Waals surface area contributed by atoms with Gasteiger partial charge in [-0.25, -0.2) is 0 Å². The molecule has 0 aromatic carbocycles. The van der Waals surface area contributed by atoms with Crippen LogP contribution in [0.25, 0.3) is 0 Å². The van der Waals surface area contributed by atoms with Gasteiger partial charge < -0.3 is 5.32 Å². The third kappa shape index (κ3) is 0.803. The van der Waals surface area contributed by atoms with Crippen LogP contribution in [-0.2, 0) is 13.0 Å². The van der Waals surface area contributed by atoms with E-state index in [0.717, 1.165) is 25.1 Å². The topological polar surface area (TPSA) is 44.9 Å². The summed E-state index contributed by atoms with van der Waals surface area (Å²) < 4.78 is 2.73. The second kappa shape index (κ2) is 2.21. The minimum atomic E-state index is 0.113. The number of hydrogen-bond acceptors (Lipinski definition) is 3. The highest BCUT2D eigenvalue weighted by Gasteiger charge is 2.13. The van der Waals surface area contributed by atoms with Gasteiger partial charge in [-0.15, -0.1) is 0 Å². The third-order valence-corrected chi connectivity index (χ3v) is 2.64. The molecule has 0 bridgehead atoms. The molecule has 1 aliphatic heterocycles. The van der Waals surface area contributed by atoms with Crippen LogP contribution in [0.3, 0.4) is 0 Å². The second-order valence-electron chi connectivity index (χ2n) is 2.36. The van der Waals surface area contributed by atoms with Crippen molar-refractivity contribution in [2.24, 2.45) is 0 Å². The molecule has 0 atom stereocenters. The molecule has 0 aliphatic carbocycles. The molecule has 2 N–H and O–H groups in total. The van der Waals surface area contributed by atoms with Crippen molar-refractivity contribution in [2.75, 3.05) is 6.54 Å². The molecular weight excluding hydrogens is 148 g/mol. The van der Waals surface area contributed by atoms with Crippen LogP contribution in [0.5, 0.6) is 0 Å². The first-order chi connectivity index (χ1) is 4.88. The molecule has 1 aliphatic rings. The van der Waals surface area contributed by atoms with Crippen LogP contribution < -0.4 is 10.9 Å². The minimum Gasteiger partial charge on any atom is -0.311 e. The Morgan fingerprint density at radius 3 is 3.20 bits per heavy atom. The maximum absolute atomic E-state index is 11.0. The molecule has 2 heterocycles. The fraction of sp³-hybridized carbons (Fsp3) is 0.500. The maximum atomic E-state index is 11.0. The predicted octanol–water partition coefficient (Wildman–Crippen LogP) is 0.0821. The van der Waals surface area contributed by atoms with Gasteiger partial charge in [0.15, 0.2) is 0 Å². The van der Waals surface area contributed by atoms with Crippen LogP contribution in [0.1, 0.15) is 10.4 Å². The average Bonchev–Trinajstić information content (AvgIpc) is 2.34. The number of fused-ring (bicyclic) bond motifs is 1. The Labute approximate surface area is 62.2 Å². The first-order valence-corrected chi connectivity index (χ1v) is 4.09. The van der Waals surface area contributed by atoms with Crippen molar-refractivity contribution >= 4 is 11.5 Å². The SMILES string of the molecule is O=c1[nH]sc2c1CCNC2. The Morgan fingerprint density at radius 1 is 1.50 bits per heavy atom. The van der Waals surface area contributed by atoms with Crippen LogP contribution in [0, 0.1) is 0 Å². The Morgan fingerprint density at radius 2 is 2.40 bits per heavy atom. The average molecular weight is 156 g/mol. The largest absolute Gasteiger partial charge is 0.311 e. The van der Waals surface area contributed by atoms with Crippen LogP contribution in [-0.4, -0.2) is 10.9 Å². The Hall–Kier alpha value is -0.610. The minimum absolute atomic E-state index is 0.113. The van der Waals surface area contributed by atoms with E-state index in [9.17, 15) is 4.79 Å². The fourth-order valence-corrected chi connectivity index (χ4v) is 2.00. The van der Waals surface area contributed by atoms with Crippen molar-refractivity contribution < 1.29 is 0 Å². The van der Waals surface area contributed by atoms with Crippen LogP contribution >= 0.6 is 11.5 Å². The van der Waals surface area contributed by atoms with Crippen molar-refractivity contribution in [2.45, 2.75) is 13.0 Å². The van der Waals surface area contributed by atoms with Crippen LogP contribution in [0.4, 0.5) is 0 Å². The number of nitrogens with one attached hydrogen (secondary N) is 2. The molecule has 0 saturated carbocycles. The van der Waals surface area contributed by atoms with E-state index in [1.165, 1.54) is 16.4 Å². The molecule has 2 rings (SSSR count). The number of H-pyrrole nitrogens is 1.